The van der Waals surface area contributed by atoms with Crippen LogP contribution in [0.15, 0.2) is 32.7 Å². The number of hydrogen-bond donors (Lipinski definition) is 0. The highest BCUT2D eigenvalue weighted by Gasteiger charge is 2.16. The van der Waals surface area contributed by atoms with E-state index in [9.17, 15) is 4.79 Å². The average molecular weight is 366 g/mol. The molecule has 1 aliphatic rings. The van der Waals surface area contributed by atoms with Crippen molar-refractivity contribution in [1.29, 1.82) is 0 Å². The molecule has 21 heavy (non-hydrogen) atoms. The molecule has 0 aliphatic carbocycles. The van der Waals surface area contributed by atoms with Gasteiger partial charge in [-0.1, -0.05) is 12.5 Å². The maximum absolute atomic E-state index is 11.4. The van der Waals surface area contributed by atoms with E-state index in [1.807, 2.05) is 18.2 Å². The van der Waals surface area contributed by atoms with Gasteiger partial charge in [0.25, 0.3) is 0 Å². The minimum Gasteiger partial charge on any atom is -0.306 e. The Morgan fingerprint density at radius 3 is 2.90 bits per heavy atom. The maximum Gasteiger partial charge on any atom is 0.196 e. The molecule has 3 rings (SSSR count). The predicted molar refractivity (Wildman–Crippen MR) is 85.8 cm³/mol. The Hall–Kier alpha value is -1.14. The number of fused-ring (bicyclic) bond motifs is 1. The normalized spacial score (nSPS) is 14.6. The number of ketones is 1. The van der Waals surface area contributed by atoms with Gasteiger partial charge in [0.1, 0.15) is 5.82 Å². The second-order valence-corrected chi connectivity index (χ2v) is 7.03. The molecule has 2 aromatic rings. The zero-order valence-electron chi connectivity index (χ0n) is 11.8. The SMILES string of the molecule is CC(=O)c1ccc(Sc2nnc3n2CCCCC3)c(Br)c1. The largest absolute Gasteiger partial charge is 0.306 e. The molecular formula is C15H16BrN3OS. The Morgan fingerprint density at radius 2 is 2.14 bits per heavy atom. The predicted octanol–water partition coefficient (Wildman–Crippen LogP) is 4.12. The molecule has 0 saturated carbocycles. The molecule has 110 valence electrons. The summed E-state index contributed by atoms with van der Waals surface area (Å²) in [7, 11) is 0. The lowest BCUT2D eigenvalue weighted by Crippen LogP contribution is -2.02. The van der Waals surface area contributed by atoms with Gasteiger partial charge in [-0.05, 0) is 59.6 Å². The molecule has 0 bridgehead atoms. The van der Waals surface area contributed by atoms with Crippen LogP contribution in [-0.2, 0) is 13.0 Å². The summed E-state index contributed by atoms with van der Waals surface area (Å²) in [5.74, 6) is 1.16. The molecule has 0 saturated heterocycles. The van der Waals surface area contributed by atoms with E-state index in [1.165, 1.54) is 19.3 Å². The standard InChI is InChI=1S/C15H16BrN3OS/c1-10(20)11-6-7-13(12(16)9-11)21-15-18-17-14-5-3-2-4-8-19(14)15/h6-7,9H,2-5,8H2,1H3. The van der Waals surface area contributed by atoms with Crippen molar-refractivity contribution in [2.24, 2.45) is 0 Å². The van der Waals surface area contributed by atoms with Gasteiger partial charge in [-0.25, -0.2) is 0 Å². The zero-order chi connectivity index (χ0) is 14.8. The minimum atomic E-state index is 0.0728. The number of hydrogen-bond acceptors (Lipinski definition) is 4. The van der Waals surface area contributed by atoms with Gasteiger partial charge in [0.15, 0.2) is 10.9 Å². The van der Waals surface area contributed by atoms with Gasteiger partial charge in [0.2, 0.25) is 0 Å². The Bertz CT molecular complexity index is 684. The van der Waals surface area contributed by atoms with E-state index in [1.54, 1.807) is 18.7 Å². The summed E-state index contributed by atoms with van der Waals surface area (Å²) >= 11 is 5.14. The minimum absolute atomic E-state index is 0.0728. The van der Waals surface area contributed by atoms with Crippen molar-refractivity contribution in [3.8, 4) is 0 Å². The van der Waals surface area contributed by atoms with Crippen molar-refractivity contribution in [3.63, 3.8) is 0 Å². The third kappa shape index (κ3) is 3.21. The van der Waals surface area contributed by atoms with Crippen molar-refractivity contribution in [2.75, 3.05) is 0 Å². The summed E-state index contributed by atoms with van der Waals surface area (Å²) in [4.78, 5) is 12.5. The smallest absolute Gasteiger partial charge is 0.196 e. The Balaban J connectivity index is 1.87. The van der Waals surface area contributed by atoms with Gasteiger partial charge in [0.05, 0.1) is 0 Å². The van der Waals surface area contributed by atoms with Gasteiger partial charge in [0, 0.05) is 27.9 Å². The Kier molecular flexibility index (Phi) is 4.45. The lowest BCUT2D eigenvalue weighted by molar-refractivity contribution is 0.101. The Morgan fingerprint density at radius 1 is 1.29 bits per heavy atom. The van der Waals surface area contributed by atoms with Crippen LogP contribution in [0.5, 0.6) is 0 Å². The van der Waals surface area contributed by atoms with E-state index in [-0.39, 0.29) is 5.78 Å². The van der Waals surface area contributed by atoms with Crippen molar-refractivity contribution in [3.05, 3.63) is 34.1 Å². The summed E-state index contributed by atoms with van der Waals surface area (Å²) in [6, 6.07) is 5.68. The molecule has 0 fully saturated rings. The number of carbonyl (C=O) groups excluding carboxylic acids is 1. The molecular weight excluding hydrogens is 350 g/mol. The first-order chi connectivity index (χ1) is 10.1. The van der Waals surface area contributed by atoms with Crippen LogP contribution in [-0.4, -0.2) is 20.5 Å². The Labute approximate surface area is 136 Å². The van der Waals surface area contributed by atoms with Gasteiger partial charge in [-0.3, -0.25) is 4.79 Å². The molecule has 6 heteroatoms. The number of halogens is 1. The number of carbonyl (C=O) groups is 1. The van der Waals surface area contributed by atoms with Crippen molar-refractivity contribution in [1.82, 2.24) is 14.8 Å². The first-order valence-corrected chi connectivity index (χ1v) is 8.66. The average Bonchev–Trinajstić information content (AvgIpc) is 2.69. The first kappa shape index (κ1) is 14.8. The van der Waals surface area contributed by atoms with Gasteiger partial charge >= 0.3 is 0 Å². The molecule has 0 N–H and O–H groups in total. The second kappa shape index (κ2) is 6.32. The fourth-order valence-corrected chi connectivity index (χ4v) is 3.93. The van der Waals surface area contributed by atoms with Crippen LogP contribution in [0.25, 0.3) is 0 Å². The summed E-state index contributed by atoms with van der Waals surface area (Å²) in [5.41, 5.74) is 0.714. The van der Waals surface area contributed by atoms with Crippen LogP contribution in [0.2, 0.25) is 0 Å². The van der Waals surface area contributed by atoms with Crippen LogP contribution >= 0.6 is 27.7 Å². The molecule has 1 aromatic carbocycles. The van der Waals surface area contributed by atoms with Crippen LogP contribution in [0, 0.1) is 0 Å². The van der Waals surface area contributed by atoms with E-state index in [0.29, 0.717) is 5.56 Å². The number of benzene rings is 1. The number of aromatic nitrogens is 3. The van der Waals surface area contributed by atoms with Gasteiger partial charge in [-0.2, -0.15) is 0 Å². The quantitative estimate of drug-likeness (QED) is 0.767. The lowest BCUT2D eigenvalue weighted by atomic mass is 10.2. The molecule has 0 amide bonds. The number of Topliss-reactive ketones (excluding diaryl/α,β-unsaturated/α-hetero) is 1. The summed E-state index contributed by atoms with van der Waals surface area (Å²) in [6.07, 6.45) is 4.64. The van der Waals surface area contributed by atoms with E-state index < -0.39 is 0 Å². The summed E-state index contributed by atoms with van der Waals surface area (Å²) in [5, 5.41) is 9.57. The highest BCUT2D eigenvalue weighted by Crippen LogP contribution is 2.34. The van der Waals surface area contributed by atoms with Crippen LogP contribution in [0.1, 0.15) is 42.4 Å². The molecule has 0 unspecified atom stereocenters. The van der Waals surface area contributed by atoms with E-state index in [0.717, 1.165) is 33.3 Å². The lowest BCUT2D eigenvalue weighted by Gasteiger charge is -2.08. The van der Waals surface area contributed by atoms with E-state index in [4.69, 9.17) is 0 Å². The van der Waals surface area contributed by atoms with Crippen molar-refractivity contribution < 1.29 is 4.79 Å². The molecule has 0 atom stereocenters. The third-order valence-electron chi connectivity index (χ3n) is 3.62. The first-order valence-electron chi connectivity index (χ1n) is 7.05. The number of rotatable bonds is 3. The van der Waals surface area contributed by atoms with Crippen molar-refractivity contribution >= 4 is 33.5 Å². The zero-order valence-corrected chi connectivity index (χ0v) is 14.2. The van der Waals surface area contributed by atoms with Crippen LogP contribution in [0.3, 0.4) is 0 Å². The molecule has 0 spiro atoms. The van der Waals surface area contributed by atoms with Crippen LogP contribution in [0.4, 0.5) is 0 Å². The van der Waals surface area contributed by atoms with Gasteiger partial charge < -0.3 is 4.57 Å². The molecule has 1 aliphatic heterocycles. The van der Waals surface area contributed by atoms with E-state index in [2.05, 4.69) is 30.7 Å². The van der Waals surface area contributed by atoms with Crippen LogP contribution < -0.4 is 0 Å². The number of nitrogens with zero attached hydrogens (tertiary/aromatic N) is 3. The molecule has 0 radical (unpaired) electrons. The fourth-order valence-electron chi connectivity index (χ4n) is 2.43. The summed E-state index contributed by atoms with van der Waals surface area (Å²) in [6.45, 7) is 2.57. The maximum atomic E-state index is 11.4. The molecule has 4 nitrogen and oxygen atoms in total. The molecule has 1 aromatic heterocycles. The molecule has 2 heterocycles. The van der Waals surface area contributed by atoms with E-state index >= 15 is 0 Å². The monoisotopic (exact) mass is 365 g/mol. The highest BCUT2D eigenvalue weighted by atomic mass is 79.9. The second-order valence-electron chi connectivity index (χ2n) is 5.16. The van der Waals surface area contributed by atoms with Crippen molar-refractivity contribution in [2.45, 2.75) is 49.2 Å². The number of aryl methyl sites for hydroxylation is 1. The fraction of sp³-hybridized carbons (Fsp3) is 0.400. The summed E-state index contributed by atoms with van der Waals surface area (Å²) < 4.78 is 3.15. The third-order valence-corrected chi connectivity index (χ3v) is 5.59. The van der Waals surface area contributed by atoms with Gasteiger partial charge in [-0.15, -0.1) is 10.2 Å². The highest BCUT2D eigenvalue weighted by molar-refractivity contribution is 9.10. The topological polar surface area (TPSA) is 47.8 Å².